The van der Waals surface area contributed by atoms with Crippen LogP contribution in [0.2, 0.25) is 5.02 Å². The third-order valence-corrected chi connectivity index (χ3v) is 3.89. The summed E-state index contributed by atoms with van der Waals surface area (Å²) in [5.41, 5.74) is 7.14. The maximum atomic E-state index is 12.6. The number of nitrogens with zero attached hydrogens (tertiary/aromatic N) is 2. The van der Waals surface area contributed by atoms with Crippen molar-refractivity contribution in [3.8, 4) is 0 Å². The van der Waals surface area contributed by atoms with Crippen LogP contribution in [0.5, 0.6) is 0 Å². The fourth-order valence-electron chi connectivity index (χ4n) is 2.50. The number of piperidine rings is 1. The number of carbonyl (C=O) groups is 1. The number of aryl methyl sites for hydroxylation is 1. The zero-order valence-corrected chi connectivity index (χ0v) is 12.1. The molecular weight excluding hydrogens is 278 g/mol. The van der Waals surface area contributed by atoms with Crippen LogP contribution in [0.15, 0.2) is 23.4 Å². The minimum absolute atomic E-state index is 0.0706. The summed E-state index contributed by atoms with van der Waals surface area (Å²) in [4.78, 5) is 14.2. The summed E-state index contributed by atoms with van der Waals surface area (Å²) in [6, 6.07) is 4.97. The molecule has 3 N–H and O–H groups in total. The fourth-order valence-corrected chi connectivity index (χ4v) is 2.81. The first kappa shape index (κ1) is 14.7. The Bertz CT molecular complexity index is 545. The number of carbonyl (C=O) groups excluding carboxylic acids is 1. The maximum absolute atomic E-state index is 12.6. The minimum atomic E-state index is -0.362. The molecule has 20 heavy (non-hydrogen) atoms. The second kappa shape index (κ2) is 6.13. The van der Waals surface area contributed by atoms with Crippen LogP contribution in [-0.4, -0.2) is 34.4 Å². The third kappa shape index (κ3) is 2.88. The smallest absolute Gasteiger partial charge is 0.255 e. The van der Waals surface area contributed by atoms with Crippen LogP contribution in [0.25, 0.3) is 0 Å². The van der Waals surface area contributed by atoms with E-state index in [4.69, 9.17) is 22.5 Å². The summed E-state index contributed by atoms with van der Waals surface area (Å²) < 4.78 is 0. The lowest BCUT2D eigenvalue weighted by atomic mass is 9.99. The van der Waals surface area contributed by atoms with Gasteiger partial charge in [-0.05, 0) is 43.9 Å². The van der Waals surface area contributed by atoms with Gasteiger partial charge in [-0.25, -0.2) is 0 Å². The van der Waals surface area contributed by atoms with Gasteiger partial charge in [0.2, 0.25) is 0 Å². The van der Waals surface area contributed by atoms with Crippen molar-refractivity contribution in [2.75, 3.05) is 6.54 Å². The summed E-state index contributed by atoms with van der Waals surface area (Å²) in [5, 5.41) is 12.3. The number of halogens is 1. The van der Waals surface area contributed by atoms with Crippen LogP contribution in [0, 0.1) is 6.92 Å². The zero-order chi connectivity index (χ0) is 14.7. The van der Waals surface area contributed by atoms with Crippen molar-refractivity contribution >= 4 is 23.3 Å². The van der Waals surface area contributed by atoms with E-state index in [0.717, 1.165) is 18.4 Å². The molecule has 1 heterocycles. The quantitative estimate of drug-likeness (QED) is 0.380. The van der Waals surface area contributed by atoms with Gasteiger partial charge in [0.15, 0.2) is 5.84 Å². The standard InChI is InChI=1S/C14H18ClN3O2/c1-9-5-6-10(11(15)8-9)14(19)18-7-3-2-4-12(18)13(16)17-20/h5-6,8,12,20H,2-4,7H2,1H3,(H2,16,17). The molecule has 0 saturated carbocycles. The lowest BCUT2D eigenvalue weighted by Gasteiger charge is -2.35. The Labute approximate surface area is 123 Å². The summed E-state index contributed by atoms with van der Waals surface area (Å²) in [6.07, 6.45) is 2.56. The van der Waals surface area contributed by atoms with Crippen LogP contribution in [0.1, 0.15) is 35.2 Å². The molecular formula is C14H18ClN3O2. The van der Waals surface area contributed by atoms with Crippen molar-refractivity contribution in [1.29, 1.82) is 0 Å². The molecule has 1 aromatic rings. The number of benzene rings is 1. The molecule has 1 aromatic carbocycles. The average molecular weight is 296 g/mol. The van der Waals surface area contributed by atoms with Crippen LogP contribution >= 0.6 is 11.6 Å². The number of hydrogen-bond acceptors (Lipinski definition) is 3. The van der Waals surface area contributed by atoms with E-state index in [1.165, 1.54) is 0 Å². The predicted octanol–water partition coefficient (Wildman–Crippen LogP) is 2.39. The number of hydrogen-bond donors (Lipinski definition) is 2. The lowest BCUT2D eigenvalue weighted by Crippen LogP contribution is -2.50. The third-order valence-electron chi connectivity index (χ3n) is 3.58. The number of oxime groups is 1. The van der Waals surface area contributed by atoms with Gasteiger partial charge in [0.1, 0.15) is 0 Å². The second-order valence-corrected chi connectivity index (χ2v) is 5.43. The number of rotatable bonds is 2. The highest BCUT2D eigenvalue weighted by Gasteiger charge is 2.31. The van der Waals surface area contributed by atoms with Gasteiger partial charge in [-0.15, -0.1) is 0 Å². The fraction of sp³-hybridized carbons (Fsp3) is 0.429. The Hall–Kier alpha value is -1.75. The molecule has 1 fully saturated rings. The van der Waals surface area contributed by atoms with Crippen molar-refractivity contribution in [1.82, 2.24) is 4.90 Å². The molecule has 5 nitrogen and oxygen atoms in total. The second-order valence-electron chi connectivity index (χ2n) is 5.02. The summed E-state index contributed by atoms with van der Waals surface area (Å²) in [7, 11) is 0. The van der Waals surface area contributed by atoms with Gasteiger partial charge in [0.25, 0.3) is 5.91 Å². The Kier molecular flexibility index (Phi) is 4.49. The van der Waals surface area contributed by atoms with Crippen LogP contribution in [0.4, 0.5) is 0 Å². The number of likely N-dealkylation sites (tertiary alicyclic amines) is 1. The molecule has 0 aliphatic carbocycles. The predicted molar refractivity (Wildman–Crippen MR) is 78.3 cm³/mol. The van der Waals surface area contributed by atoms with E-state index >= 15 is 0 Å². The van der Waals surface area contributed by atoms with Gasteiger partial charge in [-0.2, -0.15) is 0 Å². The van der Waals surface area contributed by atoms with E-state index in [-0.39, 0.29) is 17.8 Å². The molecule has 2 rings (SSSR count). The molecule has 0 spiro atoms. The Morgan fingerprint density at radius 3 is 2.90 bits per heavy atom. The van der Waals surface area contributed by atoms with E-state index in [0.29, 0.717) is 23.6 Å². The zero-order valence-electron chi connectivity index (χ0n) is 11.3. The van der Waals surface area contributed by atoms with Gasteiger partial charge in [-0.1, -0.05) is 22.8 Å². The molecule has 0 aromatic heterocycles. The van der Waals surface area contributed by atoms with Gasteiger partial charge in [0.05, 0.1) is 16.6 Å². The van der Waals surface area contributed by atoms with Crippen LogP contribution < -0.4 is 5.73 Å². The molecule has 0 radical (unpaired) electrons. The molecule has 1 amide bonds. The molecule has 1 aliphatic rings. The van der Waals surface area contributed by atoms with Crippen molar-refractivity contribution in [3.05, 3.63) is 34.3 Å². The van der Waals surface area contributed by atoms with Gasteiger partial charge >= 0.3 is 0 Å². The van der Waals surface area contributed by atoms with Gasteiger partial charge < -0.3 is 15.8 Å². The Morgan fingerprint density at radius 2 is 2.25 bits per heavy atom. The Balaban J connectivity index is 2.30. The van der Waals surface area contributed by atoms with Crippen molar-refractivity contribution in [2.24, 2.45) is 10.9 Å². The molecule has 1 atom stereocenters. The van der Waals surface area contributed by atoms with Crippen molar-refractivity contribution in [3.63, 3.8) is 0 Å². The largest absolute Gasteiger partial charge is 0.409 e. The number of nitrogens with two attached hydrogens (primary N) is 1. The molecule has 0 bridgehead atoms. The van der Waals surface area contributed by atoms with Gasteiger partial charge in [-0.3, -0.25) is 4.79 Å². The van der Waals surface area contributed by atoms with Crippen molar-refractivity contribution < 1.29 is 10.0 Å². The van der Waals surface area contributed by atoms with Crippen LogP contribution in [-0.2, 0) is 0 Å². The molecule has 108 valence electrons. The summed E-state index contributed by atoms with van der Waals surface area (Å²) in [5.74, 6) is -0.104. The Morgan fingerprint density at radius 1 is 1.50 bits per heavy atom. The summed E-state index contributed by atoms with van der Waals surface area (Å²) in [6.45, 7) is 2.50. The monoisotopic (exact) mass is 295 g/mol. The topological polar surface area (TPSA) is 78.9 Å². The summed E-state index contributed by atoms with van der Waals surface area (Å²) >= 11 is 6.15. The van der Waals surface area contributed by atoms with E-state index in [9.17, 15) is 4.79 Å². The lowest BCUT2D eigenvalue weighted by molar-refractivity contribution is 0.0677. The van der Waals surface area contributed by atoms with E-state index < -0.39 is 0 Å². The normalized spacial score (nSPS) is 20.0. The highest BCUT2D eigenvalue weighted by Crippen LogP contribution is 2.24. The van der Waals surface area contributed by atoms with Gasteiger partial charge in [0, 0.05) is 6.54 Å². The van der Waals surface area contributed by atoms with Crippen molar-refractivity contribution in [2.45, 2.75) is 32.2 Å². The van der Waals surface area contributed by atoms with E-state index in [1.54, 1.807) is 17.0 Å². The maximum Gasteiger partial charge on any atom is 0.255 e. The molecule has 1 unspecified atom stereocenters. The number of amides is 1. The first-order chi connectivity index (χ1) is 9.54. The first-order valence-electron chi connectivity index (χ1n) is 6.59. The van der Waals surface area contributed by atoms with E-state index in [2.05, 4.69) is 5.16 Å². The molecule has 6 heteroatoms. The first-order valence-corrected chi connectivity index (χ1v) is 6.97. The highest BCUT2D eigenvalue weighted by atomic mass is 35.5. The van der Waals surface area contributed by atoms with Crippen LogP contribution in [0.3, 0.4) is 0 Å². The molecule has 1 saturated heterocycles. The average Bonchev–Trinajstić information content (AvgIpc) is 2.46. The minimum Gasteiger partial charge on any atom is -0.409 e. The number of amidine groups is 1. The van der Waals surface area contributed by atoms with E-state index in [1.807, 2.05) is 13.0 Å². The highest BCUT2D eigenvalue weighted by molar-refractivity contribution is 6.34. The molecule has 1 aliphatic heterocycles. The SMILES string of the molecule is Cc1ccc(C(=O)N2CCCCC2/C(N)=N/O)c(Cl)c1.